The number of thioether (sulfide) groups is 1. The van der Waals surface area contributed by atoms with E-state index in [-0.39, 0.29) is 5.78 Å². The number of benzene rings is 1. The van der Waals surface area contributed by atoms with Crippen molar-refractivity contribution < 1.29 is 13.9 Å². The fourth-order valence-electron chi connectivity index (χ4n) is 2.37. The molecule has 0 aliphatic carbocycles. The third-order valence-corrected chi connectivity index (χ3v) is 4.53. The van der Waals surface area contributed by atoms with E-state index in [9.17, 15) is 4.79 Å². The monoisotopic (exact) mass is 305 g/mol. The van der Waals surface area contributed by atoms with Crippen LogP contribution in [0.15, 0.2) is 34.7 Å². The average Bonchev–Trinajstić information content (AvgIpc) is 2.96. The highest BCUT2D eigenvalue weighted by atomic mass is 32.2. The van der Waals surface area contributed by atoms with Gasteiger partial charge in [-0.25, -0.2) is 0 Å². The van der Waals surface area contributed by atoms with Crippen LogP contribution in [0.3, 0.4) is 0 Å². The van der Waals surface area contributed by atoms with Gasteiger partial charge in [-0.3, -0.25) is 9.69 Å². The number of rotatable bonds is 6. The number of Topliss-reactive ketones (excluding diaryl/α,β-unsaturated/α-hetero) is 1. The van der Waals surface area contributed by atoms with E-state index in [0.29, 0.717) is 11.5 Å². The first-order valence-corrected chi connectivity index (χ1v) is 8.38. The summed E-state index contributed by atoms with van der Waals surface area (Å²) in [6.45, 7) is 4.66. The van der Waals surface area contributed by atoms with Crippen LogP contribution in [-0.2, 0) is 4.74 Å². The van der Waals surface area contributed by atoms with Gasteiger partial charge in [-0.15, -0.1) is 0 Å². The Morgan fingerprint density at radius 1 is 1.24 bits per heavy atom. The molecule has 1 aliphatic heterocycles. The van der Waals surface area contributed by atoms with Crippen LogP contribution in [0, 0.1) is 0 Å². The van der Waals surface area contributed by atoms with Crippen LogP contribution < -0.4 is 0 Å². The van der Waals surface area contributed by atoms with Crippen molar-refractivity contribution in [2.45, 2.75) is 0 Å². The summed E-state index contributed by atoms with van der Waals surface area (Å²) in [5, 5.41) is 0.985. The molecule has 0 unspecified atom stereocenters. The maximum atomic E-state index is 12.1. The SMILES string of the molecule is O=C(CSCCN1CCOCC1)c1cc2ccccc2o1. The van der Waals surface area contributed by atoms with Gasteiger partial charge < -0.3 is 9.15 Å². The van der Waals surface area contributed by atoms with Crippen LogP contribution in [0.2, 0.25) is 0 Å². The van der Waals surface area contributed by atoms with Crippen molar-refractivity contribution >= 4 is 28.5 Å². The van der Waals surface area contributed by atoms with Gasteiger partial charge in [0.2, 0.25) is 5.78 Å². The number of ether oxygens (including phenoxy) is 1. The second-order valence-corrected chi connectivity index (χ2v) is 6.18. The third-order valence-electron chi connectivity index (χ3n) is 3.59. The lowest BCUT2D eigenvalue weighted by molar-refractivity contribution is 0.0410. The molecule has 5 heteroatoms. The molecule has 0 saturated carbocycles. The van der Waals surface area contributed by atoms with Crippen LogP contribution in [0.4, 0.5) is 0 Å². The molecule has 3 rings (SSSR count). The molecule has 0 N–H and O–H groups in total. The number of carbonyl (C=O) groups is 1. The number of hydrogen-bond donors (Lipinski definition) is 0. The molecule has 4 nitrogen and oxygen atoms in total. The van der Waals surface area contributed by atoms with Crippen molar-refractivity contribution in [3.05, 3.63) is 36.1 Å². The quantitative estimate of drug-likeness (QED) is 0.606. The average molecular weight is 305 g/mol. The Labute approximate surface area is 128 Å². The number of para-hydroxylation sites is 1. The standard InChI is InChI=1S/C16H19NO3S/c18-14(12-21-10-7-17-5-8-19-9-6-17)16-11-13-3-1-2-4-15(13)20-16/h1-4,11H,5-10,12H2. The van der Waals surface area contributed by atoms with Gasteiger partial charge in [0, 0.05) is 30.8 Å². The first kappa shape index (κ1) is 14.6. The number of fused-ring (bicyclic) bond motifs is 1. The molecule has 2 aromatic rings. The zero-order valence-electron chi connectivity index (χ0n) is 11.9. The van der Waals surface area contributed by atoms with Gasteiger partial charge >= 0.3 is 0 Å². The van der Waals surface area contributed by atoms with E-state index in [1.807, 2.05) is 30.3 Å². The van der Waals surface area contributed by atoms with Crippen molar-refractivity contribution in [1.29, 1.82) is 0 Å². The Morgan fingerprint density at radius 2 is 2.05 bits per heavy atom. The van der Waals surface area contributed by atoms with E-state index in [2.05, 4.69) is 4.90 Å². The minimum absolute atomic E-state index is 0.0678. The van der Waals surface area contributed by atoms with Crippen molar-refractivity contribution in [3.63, 3.8) is 0 Å². The summed E-state index contributed by atoms with van der Waals surface area (Å²) in [6.07, 6.45) is 0. The molecule has 1 aliphatic rings. The number of hydrogen-bond acceptors (Lipinski definition) is 5. The molecule has 1 aromatic carbocycles. The van der Waals surface area contributed by atoms with Crippen LogP contribution in [0.1, 0.15) is 10.6 Å². The Hall–Kier alpha value is -1.30. The molecular formula is C16H19NO3S. The lowest BCUT2D eigenvalue weighted by Crippen LogP contribution is -2.37. The summed E-state index contributed by atoms with van der Waals surface area (Å²) in [5.41, 5.74) is 0.777. The predicted molar refractivity (Wildman–Crippen MR) is 85.1 cm³/mol. The molecule has 1 saturated heterocycles. The molecule has 21 heavy (non-hydrogen) atoms. The van der Waals surface area contributed by atoms with Gasteiger partial charge in [0.25, 0.3) is 0 Å². The molecule has 0 amide bonds. The highest BCUT2D eigenvalue weighted by Gasteiger charge is 2.13. The van der Waals surface area contributed by atoms with Gasteiger partial charge in [-0.05, 0) is 12.1 Å². The summed E-state index contributed by atoms with van der Waals surface area (Å²) in [7, 11) is 0. The zero-order chi connectivity index (χ0) is 14.5. The summed E-state index contributed by atoms with van der Waals surface area (Å²) >= 11 is 1.67. The second-order valence-electron chi connectivity index (χ2n) is 5.08. The first-order chi connectivity index (χ1) is 10.3. The number of ketones is 1. The van der Waals surface area contributed by atoms with E-state index >= 15 is 0 Å². The highest BCUT2D eigenvalue weighted by Crippen LogP contribution is 2.20. The first-order valence-electron chi connectivity index (χ1n) is 7.22. The minimum atomic E-state index is 0.0678. The van der Waals surface area contributed by atoms with E-state index < -0.39 is 0 Å². The molecule has 0 radical (unpaired) electrons. The third kappa shape index (κ3) is 3.87. The fraction of sp³-hybridized carbons (Fsp3) is 0.438. The van der Waals surface area contributed by atoms with E-state index in [1.54, 1.807) is 11.8 Å². The van der Waals surface area contributed by atoms with Gasteiger partial charge in [-0.2, -0.15) is 11.8 Å². The maximum absolute atomic E-state index is 12.1. The lowest BCUT2D eigenvalue weighted by atomic mass is 10.2. The summed E-state index contributed by atoms with van der Waals surface area (Å²) in [5.74, 6) is 1.98. The molecule has 0 spiro atoms. The van der Waals surface area contributed by atoms with Crippen molar-refractivity contribution in [3.8, 4) is 0 Å². The Morgan fingerprint density at radius 3 is 2.86 bits per heavy atom. The molecular weight excluding hydrogens is 286 g/mol. The zero-order valence-corrected chi connectivity index (χ0v) is 12.7. The molecule has 1 aromatic heterocycles. The van der Waals surface area contributed by atoms with Crippen molar-refractivity contribution in [2.24, 2.45) is 0 Å². The summed E-state index contributed by atoms with van der Waals surface area (Å²) < 4.78 is 10.9. The Bertz CT molecular complexity index is 571. The lowest BCUT2D eigenvalue weighted by Gasteiger charge is -2.26. The fourth-order valence-corrected chi connectivity index (χ4v) is 3.23. The minimum Gasteiger partial charge on any atom is -0.453 e. The van der Waals surface area contributed by atoms with E-state index in [1.165, 1.54) is 0 Å². The van der Waals surface area contributed by atoms with Crippen molar-refractivity contribution in [2.75, 3.05) is 44.4 Å². The predicted octanol–water partition coefficient (Wildman–Crippen LogP) is 2.68. The molecule has 112 valence electrons. The number of nitrogens with zero attached hydrogens (tertiary/aromatic N) is 1. The van der Waals surface area contributed by atoms with Gasteiger partial charge in [0.1, 0.15) is 5.58 Å². The number of morpholine rings is 1. The van der Waals surface area contributed by atoms with Crippen LogP contribution >= 0.6 is 11.8 Å². The van der Waals surface area contributed by atoms with Gasteiger partial charge in [0.05, 0.1) is 19.0 Å². The van der Waals surface area contributed by atoms with Gasteiger partial charge in [0.15, 0.2) is 5.76 Å². The largest absolute Gasteiger partial charge is 0.453 e. The van der Waals surface area contributed by atoms with Crippen LogP contribution in [0.5, 0.6) is 0 Å². The topological polar surface area (TPSA) is 42.7 Å². The Kier molecular flexibility index (Phi) is 4.95. The molecule has 1 fully saturated rings. The van der Waals surface area contributed by atoms with Crippen molar-refractivity contribution in [1.82, 2.24) is 4.90 Å². The number of carbonyl (C=O) groups excluding carboxylic acids is 1. The summed E-state index contributed by atoms with van der Waals surface area (Å²) in [6, 6.07) is 9.54. The summed E-state index contributed by atoms with van der Waals surface area (Å²) in [4.78, 5) is 14.5. The number of furan rings is 1. The second kappa shape index (κ2) is 7.11. The van der Waals surface area contributed by atoms with Crippen LogP contribution in [-0.4, -0.2) is 55.0 Å². The van der Waals surface area contributed by atoms with Gasteiger partial charge in [-0.1, -0.05) is 18.2 Å². The van der Waals surface area contributed by atoms with E-state index in [4.69, 9.17) is 9.15 Å². The maximum Gasteiger partial charge on any atom is 0.207 e. The molecule has 0 atom stereocenters. The van der Waals surface area contributed by atoms with E-state index in [0.717, 1.165) is 49.6 Å². The highest BCUT2D eigenvalue weighted by molar-refractivity contribution is 8.00. The normalized spacial score (nSPS) is 16.4. The Balaban J connectivity index is 1.45. The molecule has 2 heterocycles. The smallest absolute Gasteiger partial charge is 0.207 e. The van der Waals surface area contributed by atoms with Crippen LogP contribution in [0.25, 0.3) is 11.0 Å². The molecule has 0 bridgehead atoms.